The summed E-state index contributed by atoms with van der Waals surface area (Å²) in [5.41, 5.74) is 2.03. The Balaban J connectivity index is 2.22. The summed E-state index contributed by atoms with van der Waals surface area (Å²) in [6.45, 7) is 1.71. The van der Waals surface area contributed by atoms with E-state index in [4.69, 9.17) is 4.74 Å². The van der Waals surface area contributed by atoms with Gasteiger partial charge in [0.15, 0.2) is 0 Å². The van der Waals surface area contributed by atoms with Crippen LogP contribution in [0.1, 0.15) is 6.92 Å². The number of rotatable bonds is 6. The second-order valence-corrected chi connectivity index (χ2v) is 6.77. The molecule has 0 amide bonds. The molecule has 1 aromatic carbocycles. The van der Waals surface area contributed by atoms with E-state index in [1.807, 2.05) is 30.3 Å². The quantitative estimate of drug-likeness (QED) is 0.890. The molecule has 2 aromatic rings. The fraction of sp³-hybridized carbons (Fsp3) is 0.308. The smallest absolute Gasteiger partial charge is 0.235 e. The van der Waals surface area contributed by atoms with Gasteiger partial charge in [0.1, 0.15) is 5.69 Å². The highest BCUT2D eigenvalue weighted by Gasteiger charge is 2.18. The van der Waals surface area contributed by atoms with Crippen molar-refractivity contribution in [3.63, 3.8) is 0 Å². The Bertz CT molecular complexity index is 653. The average Bonchev–Trinajstić information content (AvgIpc) is 2.86. The van der Waals surface area contributed by atoms with Gasteiger partial charge in [-0.2, -0.15) is 4.37 Å². The maximum Gasteiger partial charge on any atom is 0.235 e. The highest BCUT2D eigenvalue weighted by molar-refractivity contribution is 7.92. The van der Waals surface area contributed by atoms with Crippen LogP contribution in [-0.4, -0.2) is 31.8 Å². The first-order valence-corrected chi connectivity index (χ1v) is 8.54. The number of benzene rings is 1. The number of nitrogens with zero attached hydrogens (tertiary/aromatic N) is 1. The summed E-state index contributed by atoms with van der Waals surface area (Å²) < 4.78 is 35.9. The third-order valence-corrected chi connectivity index (χ3v) is 4.81. The van der Waals surface area contributed by atoms with Crippen LogP contribution in [0.4, 0.5) is 5.69 Å². The number of sulfonamides is 1. The lowest BCUT2D eigenvalue weighted by molar-refractivity contribution is 0.136. The molecule has 0 saturated carbocycles. The summed E-state index contributed by atoms with van der Waals surface area (Å²) in [4.78, 5) is 0. The molecule has 7 heteroatoms. The largest absolute Gasteiger partial charge is 0.381 e. The van der Waals surface area contributed by atoms with E-state index in [1.165, 1.54) is 18.6 Å². The molecule has 0 bridgehead atoms. The molecule has 1 unspecified atom stereocenters. The van der Waals surface area contributed by atoms with Crippen LogP contribution in [0.5, 0.6) is 0 Å². The molecular weight excluding hydrogens is 296 g/mol. The maximum atomic E-state index is 12.0. The number of hydrogen-bond acceptors (Lipinski definition) is 5. The molecular formula is C13H16N2O3S2. The highest BCUT2D eigenvalue weighted by Crippen LogP contribution is 2.29. The second kappa shape index (κ2) is 6.34. The topological polar surface area (TPSA) is 68.3 Å². The third-order valence-electron chi connectivity index (χ3n) is 2.74. The summed E-state index contributed by atoms with van der Waals surface area (Å²) in [6, 6.07) is 9.47. The Kier molecular flexibility index (Phi) is 4.74. The van der Waals surface area contributed by atoms with Crippen LogP contribution in [0, 0.1) is 0 Å². The van der Waals surface area contributed by atoms with Gasteiger partial charge in [0.2, 0.25) is 10.0 Å². The minimum atomic E-state index is -3.45. The zero-order valence-corrected chi connectivity index (χ0v) is 12.9. The fourth-order valence-electron chi connectivity index (χ4n) is 1.70. The molecule has 1 heterocycles. The Labute approximate surface area is 122 Å². The van der Waals surface area contributed by atoms with E-state index in [0.717, 1.165) is 5.56 Å². The van der Waals surface area contributed by atoms with E-state index in [-0.39, 0.29) is 11.9 Å². The number of methoxy groups -OCH3 is 1. The van der Waals surface area contributed by atoms with Gasteiger partial charge in [-0.15, -0.1) is 0 Å². The SMILES string of the molecule is COC(C)CS(=O)(=O)Nc1csnc1-c1ccccc1. The molecule has 2 rings (SSSR count). The van der Waals surface area contributed by atoms with Gasteiger partial charge in [-0.1, -0.05) is 30.3 Å². The van der Waals surface area contributed by atoms with Crippen molar-refractivity contribution in [2.45, 2.75) is 13.0 Å². The van der Waals surface area contributed by atoms with E-state index in [9.17, 15) is 8.42 Å². The van der Waals surface area contributed by atoms with Crippen molar-refractivity contribution in [2.75, 3.05) is 17.6 Å². The summed E-state index contributed by atoms with van der Waals surface area (Å²) in [6.07, 6.45) is -0.362. The van der Waals surface area contributed by atoms with E-state index in [2.05, 4.69) is 9.10 Å². The van der Waals surface area contributed by atoms with Gasteiger partial charge < -0.3 is 4.74 Å². The standard InChI is InChI=1S/C13H16N2O3S2/c1-10(18-2)9-20(16,17)15-12-8-19-14-13(12)11-6-4-3-5-7-11/h3-8,10,15H,9H2,1-2H3. The Morgan fingerprint density at radius 2 is 2.05 bits per heavy atom. The Morgan fingerprint density at radius 3 is 2.70 bits per heavy atom. The van der Waals surface area contributed by atoms with E-state index in [0.29, 0.717) is 11.4 Å². The van der Waals surface area contributed by atoms with E-state index >= 15 is 0 Å². The number of hydrogen-bond donors (Lipinski definition) is 1. The normalized spacial score (nSPS) is 13.1. The van der Waals surface area contributed by atoms with Crippen LogP contribution in [-0.2, 0) is 14.8 Å². The lowest BCUT2D eigenvalue weighted by Gasteiger charge is -2.12. The summed E-state index contributed by atoms with van der Waals surface area (Å²) >= 11 is 1.22. The lowest BCUT2D eigenvalue weighted by atomic mass is 10.1. The summed E-state index contributed by atoms with van der Waals surface area (Å²) in [5, 5.41) is 1.69. The molecule has 0 fully saturated rings. The van der Waals surface area contributed by atoms with Crippen molar-refractivity contribution < 1.29 is 13.2 Å². The summed E-state index contributed by atoms with van der Waals surface area (Å²) in [5.74, 6) is -0.0897. The van der Waals surface area contributed by atoms with Crippen molar-refractivity contribution in [2.24, 2.45) is 0 Å². The van der Waals surface area contributed by atoms with Crippen molar-refractivity contribution >= 4 is 27.2 Å². The molecule has 1 aromatic heterocycles. The van der Waals surface area contributed by atoms with Crippen molar-refractivity contribution in [1.82, 2.24) is 4.37 Å². The molecule has 0 aliphatic rings. The summed E-state index contributed by atoms with van der Waals surface area (Å²) in [7, 11) is -1.97. The minimum absolute atomic E-state index is 0.0897. The number of nitrogens with one attached hydrogen (secondary N) is 1. The molecule has 1 atom stereocenters. The lowest BCUT2D eigenvalue weighted by Crippen LogP contribution is -2.25. The molecule has 5 nitrogen and oxygen atoms in total. The first kappa shape index (κ1) is 15.0. The molecule has 20 heavy (non-hydrogen) atoms. The monoisotopic (exact) mass is 312 g/mol. The molecule has 0 aliphatic carbocycles. The van der Waals surface area contributed by atoms with Crippen LogP contribution in [0.2, 0.25) is 0 Å². The first-order chi connectivity index (χ1) is 9.52. The predicted octanol–water partition coefficient (Wildman–Crippen LogP) is 2.59. The fourth-order valence-corrected chi connectivity index (χ4v) is 3.74. The zero-order valence-electron chi connectivity index (χ0n) is 11.2. The van der Waals surface area contributed by atoms with Crippen LogP contribution in [0.25, 0.3) is 11.3 Å². The molecule has 1 N–H and O–H groups in total. The number of aromatic nitrogens is 1. The molecule has 0 spiro atoms. The van der Waals surface area contributed by atoms with Crippen molar-refractivity contribution in [3.05, 3.63) is 35.7 Å². The number of anilines is 1. The van der Waals surface area contributed by atoms with Gasteiger partial charge in [0.05, 0.1) is 17.5 Å². The van der Waals surface area contributed by atoms with Gasteiger partial charge in [0, 0.05) is 18.1 Å². The average molecular weight is 312 g/mol. The second-order valence-electron chi connectivity index (χ2n) is 4.37. The van der Waals surface area contributed by atoms with Gasteiger partial charge in [-0.25, -0.2) is 8.42 Å². The van der Waals surface area contributed by atoms with Crippen LogP contribution >= 0.6 is 11.5 Å². The number of ether oxygens (including phenoxy) is 1. The van der Waals surface area contributed by atoms with Crippen LogP contribution in [0.3, 0.4) is 0 Å². The Hall–Kier alpha value is -1.44. The third kappa shape index (κ3) is 3.78. The molecule has 0 radical (unpaired) electrons. The van der Waals surface area contributed by atoms with Crippen LogP contribution in [0.15, 0.2) is 35.7 Å². The van der Waals surface area contributed by atoms with E-state index < -0.39 is 10.0 Å². The maximum absolute atomic E-state index is 12.0. The zero-order chi connectivity index (χ0) is 14.6. The first-order valence-electron chi connectivity index (χ1n) is 6.05. The van der Waals surface area contributed by atoms with Gasteiger partial charge >= 0.3 is 0 Å². The van der Waals surface area contributed by atoms with Gasteiger partial charge in [-0.05, 0) is 18.5 Å². The Morgan fingerprint density at radius 1 is 1.35 bits per heavy atom. The highest BCUT2D eigenvalue weighted by atomic mass is 32.2. The van der Waals surface area contributed by atoms with E-state index in [1.54, 1.807) is 12.3 Å². The van der Waals surface area contributed by atoms with Gasteiger partial charge in [0.25, 0.3) is 0 Å². The van der Waals surface area contributed by atoms with Crippen molar-refractivity contribution in [1.29, 1.82) is 0 Å². The minimum Gasteiger partial charge on any atom is -0.381 e. The van der Waals surface area contributed by atoms with Gasteiger partial charge in [-0.3, -0.25) is 4.72 Å². The molecule has 108 valence electrons. The molecule has 0 saturated heterocycles. The van der Waals surface area contributed by atoms with Crippen molar-refractivity contribution in [3.8, 4) is 11.3 Å². The van der Waals surface area contributed by atoms with Crippen LogP contribution < -0.4 is 4.72 Å². The predicted molar refractivity (Wildman–Crippen MR) is 81.4 cm³/mol. The molecule has 0 aliphatic heterocycles.